The molecule has 0 fully saturated rings. The standard InChI is InChI=1S/Al.BH5Si.Pb.Zn.5H/c;1-2;;;;;;;/h;1H2,2H3;;;;;;;. The number of hydrogen-bond acceptors (Lipinski definition) is 0. The third-order valence-corrected chi connectivity index (χ3v) is 0. The zero-order valence-electron chi connectivity index (χ0n) is 3.41. The Morgan fingerprint density at radius 1 is 1.20 bits per heavy atom. The van der Waals surface area contributed by atoms with E-state index in [1.165, 1.54) is 10.1 Å². The Hall–Kier alpha value is 2.36. The van der Waals surface area contributed by atoms with Crippen LogP contribution in [0, 0.1) is 0 Å². The second kappa shape index (κ2) is 32.8. The van der Waals surface area contributed by atoms with E-state index in [9.17, 15) is 0 Å². The third-order valence-electron chi connectivity index (χ3n) is 0. The van der Waals surface area contributed by atoms with E-state index in [4.69, 9.17) is 0 Å². The molecule has 0 aromatic rings. The van der Waals surface area contributed by atoms with E-state index < -0.39 is 0 Å². The minimum Gasteiger partial charge on any atom is 0 e. The molecular formula is H10AlBPbSiZn. The molecule has 0 atom stereocenters. The summed E-state index contributed by atoms with van der Waals surface area (Å²) in [5, 5.41) is 0. The first-order valence-electron chi connectivity index (χ1n) is 1.00. The van der Waals surface area contributed by atoms with Crippen molar-refractivity contribution >= 4 is 62.2 Å². The normalized spacial score (nSPS) is 1.60. The van der Waals surface area contributed by atoms with Gasteiger partial charge in [0.1, 0.15) is 0 Å². The molecule has 0 saturated heterocycles. The Balaban J connectivity index is -0.00000000167. The molecule has 2 radical (unpaired) electrons. The molecule has 0 rings (SSSR count). The van der Waals surface area contributed by atoms with Crippen molar-refractivity contribution in [2.24, 2.45) is 0 Å². The van der Waals surface area contributed by atoms with E-state index in [0.29, 0.717) is 0 Å². The fourth-order valence-corrected chi connectivity index (χ4v) is 0. The van der Waals surface area contributed by atoms with Crippen molar-refractivity contribution in [2.75, 3.05) is 0 Å². The molecule has 5 heavy (non-hydrogen) atoms. The van der Waals surface area contributed by atoms with Crippen molar-refractivity contribution in [1.82, 2.24) is 0 Å². The molecular weight excluding hydrogens is 338 g/mol. The molecule has 0 heterocycles. The third kappa shape index (κ3) is 21.7. The second-order valence-corrected chi connectivity index (χ2v) is 0. The van der Waals surface area contributed by atoms with Crippen LogP contribution in [0.2, 0.25) is 0 Å². The SMILES string of the molecule is B[SiH3].[AlH3].[PbH2].[Zn]. The molecule has 0 bridgehead atoms. The van der Waals surface area contributed by atoms with Gasteiger partial charge in [0.2, 0.25) is 0 Å². The monoisotopic (exact) mass is 348 g/mol. The topological polar surface area (TPSA) is 0 Å². The van der Waals surface area contributed by atoms with Crippen LogP contribution in [-0.2, 0) is 19.5 Å². The fraction of sp³-hybridized carbons (Fsp3) is 0. The van der Waals surface area contributed by atoms with Crippen LogP contribution in [0.25, 0.3) is 0 Å². The minimum atomic E-state index is 0. The number of rotatable bonds is 0. The molecule has 0 aliphatic heterocycles. The van der Waals surface area contributed by atoms with E-state index in [0.717, 1.165) is 0 Å². The van der Waals surface area contributed by atoms with Gasteiger partial charge < -0.3 is 0 Å². The zero-order chi connectivity index (χ0) is 2.00. The predicted molar refractivity (Wildman–Crippen MR) is 37.0 cm³/mol. The zero-order valence-corrected chi connectivity index (χ0v) is 13.9. The van der Waals surface area contributed by atoms with Gasteiger partial charge in [-0.3, -0.25) is 0 Å². The molecule has 0 spiro atoms. The minimum absolute atomic E-state index is 0. The van der Waals surface area contributed by atoms with Crippen LogP contribution in [0.15, 0.2) is 0 Å². The van der Waals surface area contributed by atoms with E-state index in [1.54, 1.807) is 0 Å². The molecule has 0 saturated carbocycles. The average Bonchev–Trinajstić information content (AvgIpc) is 1.00. The fourth-order valence-electron chi connectivity index (χ4n) is 0. The van der Waals surface area contributed by atoms with Gasteiger partial charge in [-0.2, -0.15) is 0 Å². The first-order chi connectivity index (χ1) is 1.00. The maximum absolute atomic E-state index is 2.14. The van der Waals surface area contributed by atoms with Crippen molar-refractivity contribution in [1.29, 1.82) is 0 Å². The summed E-state index contributed by atoms with van der Waals surface area (Å²) in [6.45, 7) is 0. The molecule has 0 aliphatic rings. The van der Waals surface area contributed by atoms with Gasteiger partial charge in [-0.25, -0.2) is 0 Å². The summed E-state index contributed by atoms with van der Waals surface area (Å²) in [5.41, 5.74) is 0. The summed E-state index contributed by atoms with van der Waals surface area (Å²) in [6.07, 6.45) is 0. The molecule has 5 heteroatoms. The van der Waals surface area contributed by atoms with E-state index in [2.05, 4.69) is 7.44 Å². The van der Waals surface area contributed by atoms with Crippen molar-refractivity contribution in [2.45, 2.75) is 0 Å². The Kier molecular flexibility index (Phi) is 173. The van der Waals surface area contributed by atoms with Gasteiger partial charge in [0.15, 0.2) is 17.4 Å². The van der Waals surface area contributed by atoms with Crippen LogP contribution < -0.4 is 0 Å². The maximum Gasteiger partial charge on any atom is 0 e. The summed E-state index contributed by atoms with van der Waals surface area (Å²) in [7, 11) is 3.44. The largest absolute Gasteiger partial charge is 0 e. The van der Waals surface area contributed by atoms with Gasteiger partial charge in [0.05, 0.1) is 7.44 Å². The van der Waals surface area contributed by atoms with Gasteiger partial charge in [0.25, 0.3) is 0 Å². The molecule has 26 valence electrons. The maximum atomic E-state index is 2.14. The van der Waals surface area contributed by atoms with Crippen molar-refractivity contribution < 1.29 is 19.5 Å². The summed E-state index contributed by atoms with van der Waals surface area (Å²) in [5.74, 6) is 0. The summed E-state index contributed by atoms with van der Waals surface area (Å²) in [4.78, 5) is 0. The van der Waals surface area contributed by atoms with Crippen LogP contribution in [0.3, 0.4) is 0 Å². The van der Waals surface area contributed by atoms with Crippen LogP contribution >= 0.6 is 0 Å². The quantitative estimate of drug-likeness (QED) is 0.390. The van der Waals surface area contributed by atoms with Crippen LogP contribution in [-0.4, -0.2) is 62.2 Å². The first kappa shape index (κ1) is 26.4. The average molecular weight is 349 g/mol. The molecule has 0 N–H and O–H groups in total. The van der Waals surface area contributed by atoms with Gasteiger partial charge in [-0.15, -0.1) is 0 Å². The van der Waals surface area contributed by atoms with Gasteiger partial charge >= 0.3 is 27.3 Å². The molecule has 0 aromatic carbocycles. The van der Waals surface area contributed by atoms with Gasteiger partial charge in [0, 0.05) is 19.5 Å². The van der Waals surface area contributed by atoms with Gasteiger partial charge in [-0.05, 0) is 10.1 Å². The Morgan fingerprint density at radius 3 is 1.20 bits per heavy atom. The number of hydrogen-bond donors (Lipinski definition) is 0. The molecule has 0 aromatic heterocycles. The molecule has 0 unspecified atom stereocenters. The molecule has 0 nitrogen and oxygen atoms in total. The van der Waals surface area contributed by atoms with Crippen molar-refractivity contribution in [3.05, 3.63) is 0 Å². The van der Waals surface area contributed by atoms with Crippen LogP contribution in [0.5, 0.6) is 0 Å². The predicted octanol–water partition coefficient (Wildman–Crippen LogP) is -4.20. The summed E-state index contributed by atoms with van der Waals surface area (Å²) < 4.78 is 0. The smallest absolute Gasteiger partial charge is 0 e. The first-order valence-corrected chi connectivity index (χ1v) is 3.00. The summed E-state index contributed by atoms with van der Waals surface area (Å²) >= 11 is 0. The van der Waals surface area contributed by atoms with E-state index in [-0.39, 0.29) is 64.1 Å². The summed E-state index contributed by atoms with van der Waals surface area (Å²) in [6, 6.07) is 0. The molecule has 0 aliphatic carbocycles. The Labute approximate surface area is 80.7 Å². The Bertz CT molecular complexity index is 11.6. The van der Waals surface area contributed by atoms with Crippen LogP contribution in [0.4, 0.5) is 0 Å². The van der Waals surface area contributed by atoms with E-state index in [1.807, 2.05) is 0 Å². The van der Waals surface area contributed by atoms with Crippen molar-refractivity contribution in [3.63, 3.8) is 0 Å². The second-order valence-electron chi connectivity index (χ2n) is 0. The molecule has 0 amide bonds. The van der Waals surface area contributed by atoms with Gasteiger partial charge in [-0.1, -0.05) is 0 Å². The van der Waals surface area contributed by atoms with Crippen molar-refractivity contribution in [3.8, 4) is 0 Å². The van der Waals surface area contributed by atoms with E-state index >= 15 is 0 Å². The van der Waals surface area contributed by atoms with Crippen LogP contribution in [0.1, 0.15) is 0 Å². The Morgan fingerprint density at radius 2 is 1.20 bits per heavy atom.